The van der Waals surface area contributed by atoms with E-state index in [4.69, 9.17) is 9.47 Å². The Morgan fingerprint density at radius 3 is 2.55 bits per heavy atom. The number of nitrogens with one attached hydrogen (secondary N) is 1. The van der Waals surface area contributed by atoms with Gasteiger partial charge in [-0.1, -0.05) is 42.1 Å². The highest BCUT2D eigenvalue weighted by Crippen LogP contribution is 2.37. The number of carbonyl (C=O) groups is 1. The van der Waals surface area contributed by atoms with Gasteiger partial charge in [0.15, 0.2) is 16.7 Å². The number of thioether (sulfide) groups is 1. The monoisotopic (exact) mass is 528 g/mol. The first-order valence-corrected chi connectivity index (χ1v) is 12.1. The van der Waals surface area contributed by atoms with Crippen LogP contribution in [-0.4, -0.2) is 34.4 Å². The van der Waals surface area contributed by atoms with E-state index in [9.17, 15) is 4.79 Å². The van der Waals surface area contributed by atoms with Crippen LogP contribution >= 0.6 is 27.7 Å². The Morgan fingerprint density at radius 1 is 1.12 bits per heavy atom. The molecule has 0 unspecified atom stereocenters. The van der Waals surface area contributed by atoms with E-state index in [2.05, 4.69) is 36.4 Å². The molecule has 7 nitrogen and oxygen atoms in total. The number of aryl methyl sites for hydroxylation is 2. The summed E-state index contributed by atoms with van der Waals surface area (Å²) < 4.78 is 12.5. The molecule has 0 aliphatic rings. The fraction of sp³-hybridized carbons (Fsp3) is 0.250. The van der Waals surface area contributed by atoms with E-state index in [1.165, 1.54) is 11.8 Å². The zero-order valence-corrected chi connectivity index (χ0v) is 21.1. The minimum Gasteiger partial charge on any atom is -0.490 e. The lowest BCUT2D eigenvalue weighted by Crippen LogP contribution is -2.19. The maximum absolute atomic E-state index is 12.1. The summed E-state index contributed by atoms with van der Waals surface area (Å²) >= 11 is 4.82. The van der Waals surface area contributed by atoms with E-state index in [-0.39, 0.29) is 11.7 Å². The van der Waals surface area contributed by atoms with Crippen molar-refractivity contribution in [1.29, 1.82) is 0 Å². The average molecular weight is 529 g/mol. The van der Waals surface area contributed by atoms with E-state index in [0.29, 0.717) is 29.9 Å². The quantitative estimate of drug-likeness (QED) is 0.171. The molecule has 0 aliphatic carbocycles. The van der Waals surface area contributed by atoms with Gasteiger partial charge in [-0.25, -0.2) is 15.4 Å². The van der Waals surface area contributed by atoms with Crippen molar-refractivity contribution >= 4 is 39.8 Å². The molecule has 0 saturated heterocycles. The lowest BCUT2D eigenvalue weighted by Gasteiger charge is -2.14. The molecule has 0 spiro atoms. The number of rotatable bonds is 10. The predicted molar refractivity (Wildman–Crippen MR) is 134 cm³/mol. The Bertz CT molecular complexity index is 1110. The van der Waals surface area contributed by atoms with Crippen LogP contribution in [0.1, 0.15) is 29.4 Å². The maximum atomic E-state index is 12.1. The Hall–Kier alpha value is -2.91. The third-order valence-electron chi connectivity index (χ3n) is 4.25. The Labute approximate surface area is 206 Å². The number of ether oxygens (including phenoxy) is 2. The SMILES string of the molecule is CCOc1cc(/C=N\NC(=O)CSc2nc(C)cc(C)n2)cc(Br)c1OCc1ccccc1. The molecule has 3 rings (SSSR count). The normalized spacial score (nSPS) is 10.9. The van der Waals surface area contributed by atoms with Crippen molar-refractivity contribution in [2.24, 2.45) is 5.10 Å². The number of hydrogen-bond donors (Lipinski definition) is 1. The van der Waals surface area contributed by atoms with Crippen molar-refractivity contribution in [3.8, 4) is 11.5 Å². The van der Waals surface area contributed by atoms with Gasteiger partial charge in [-0.3, -0.25) is 4.79 Å². The average Bonchev–Trinajstić information content (AvgIpc) is 2.77. The standard InChI is InChI=1S/C24H25BrN4O3S/c1-4-31-21-12-19(11-20(25)23(21)32-14-18-8-6-5-7-9-18)13-26-29-22(30)15-33-24-27-16(2)10-17(3)28-24/h5-13H,4,14-15H2,1-3H3,(H,29,30)/b26-13-. The highest BCUT2D eigenvalue weighted by molar-refractivity contribution is 9.10. The van der Waals surface area contributed by atoms with Crippen LogP contribution in [0.4, 0.5) is 0 Å². The minimum atomic E-state index is -0.245. The molecule has 0 saturated carbocycles. The third-order valence-corrected chi connectivity index (χ3v) is 5.69. The molecule has 0 bridgehead atoms. The maximum Gasteiger partial charge on any atom is 0.250 e. The van der Waals surface area contributed by atoms with E-state index < -0.39 is 0 Å². The molecule has 2 aromatic carbocycles. The molecule has 1 heterocycles. The van der Waals surface area contributed by atoms with E-state index in [0.717, 1.165) is 27.0 Å². The Morgan fingerprint density at radius 2 is 1.85 bits per heavy atom. The minimum absolute atomic E-state index is 0.167. The molecule has 1 N–H and O–H groups in total. The number of amides is 1. The largest absolute Gasteiger partial charge is 0.490 e. The summed E-state index contributed by atoms with van der Waals surface area (Å²) in [5.41, 5.74) is 6.08. The van der Waals surface area contributed by atoms with Gasteiger partial charge >= 0.3 is 0 Å². The first-order valence-electron chi connectivity index (χ1n) is 10.3. The van der Waals surface area contributed by atoms with Crippen LogP contribution in [0.15, 0.2) is 63.3 Å². The van der Waals surface area contributed by atoms with Gasteiger partial charge in [0.25, 0.3) is 5.91 Å². The molecule has 0 aliphatic heterocycles. The van der Waals surface area contributed by atoms with Gasteiger partial charge in [-0.2, -0.15) is 5.10 Å². The van der Waals surface area contributed by atoms with Crippen LogP contribution < -0.4 is 14.9 Å². The second-order valence-corrected chi connectivity index (χ2v) is 8.85. The van der Waals surface area contributed by atoms with Gasteiger partial charge in [-0.15, -0.1) is 0 Å². The summed E-state index contributed by atoms with van der Waals surface area (Å²) in [5, 5.41) is 4.63. The lowest BCUT2D eigenvalue weighted by atomic mass is 10.2. The van der Waals surface area contributed by atoms with E-state index >= 15 is 0 Å². The van der Waals surface area contributed by atoms with Crippen LogP contribution in [0.2, 0.25) is 0 Å². The molecule has 9 heteroatoms. The van der Waals surface area contributed by atoms with Gasteiger partial charge < -0.3 is 9.47 Å². The number of hydrazone groups is 1. The molecule has 172 valence electrons. The number of nitrogens with zero attached hydrogens (tertiary/aromatic N) is 3. The van der Waals surface area contributed by atoms with Gasteiger partial charge in [-0.05, 0) is 66.0 Å². The summed E-state index contributed by atoms with van der Waals surface area (Å²) in [7, 11) is 0. The van der Waals surface area contributed by atoms with Crippen LogP contribution in [0, 0.1) is 13.8 Å². The van der Waals surface area contributed by atoms with Crippen LogP contribution in [0.3, 0.4) is 0 Å². The smallest absolute Gasteiger partial charge is 0.250 e. The Balaban J connectivity index is 1.60. The number of hydrogen-bond acceptors (Lipinski definition) is 7. The molecule has 33 heavy (non-hydrogen) atoms. The summed E-state index contributed by atoms with van der Waals surface area (Å²) in [6.45, 7) is 6.62. The molecule has 1 aromatic heterocycles. The van der Waals surface area contributed by atoms with Crippen molar-refractivity contribution in [3.05, 3.63) is 75.5 Å². The van der Waals surface area contributed by atoms with Crippen molar-refractivity contribution in [1.82, 2.24) is 15.4 Å². The molecule has 0 atom stereocenters. The number of aromatic nitrogens is 2. The molecule has 3 aromatic rings. The first-order chi connectivity index (χ1) is 15.9. The second kappa shape index (κ2) is 12.4. The molecule has 0 fully saturated rings. The number of carbonyl (C=O) groups excluding carboxylic acids is 1. The fourth-order valence-electron chi connectivity index (χ4n) is 2.89. The van der Waals surface area contributed by atoms with Gasteiger partial charge in [0.2, 0.25) is 0 Å². The zero-order chi connectivity index (χ0) is 23.6. The van der Waals surface area contributed by atoms with Crippen LogP contribution in [-0.2, 0) is 11.4 Å². The molecule has 1 amide bonds. The van der Waals surface area contributed by atoms with Crippen molar-refractivity contribution in [2.45, 2.75) is 32.5 Å². The Kier molecular flexibility index (Phi) is 9.26. The molecular formula is C24H25BrN4O3S. The summed E-state index contributed by atoms with van der Waals surface area (Å²) in [5.74, 6) is 1.14. The third kappa shape index (κ3) is 7.87. The predicted octanol–water partition coefficient (Wildman–Crippen LogP) is 5.08. The molecular weight excluding hydrogens is 504 g/mol. The number of halogens is 1. The summed E-state index contributed by atoms with van der Waals surface area (Å²) in [6, 6.07) is 15.5. The van der Waals surface area contributed by atoms with Crippen LogP contribution in [0.25, 0.3) is 0 Å². The fourth-order valence-corrected chi connectivity index (χ4v) is 4.21. The van der Waals surface area contributed by atoms with Gasteiger partial charge in [0, 0.05) is 11.4 Å². The number of benzene rings is 2. The zero-order valence-electron chi connectivity index (χ0n) is 18.7. The second-order valence-electron chi connectivity index (χ2n) is 7.05. The lowest BCUT2D eigenvalue weighted by molar-refractivity contribution is -0.118. The van der Waals surface area contributed by atoms with Gasteiger partial charge in [0.05, 0.1) is 23.0 Å². The summed E-state index contributed by atoms with van der Waals surface area (Å²) in [4.78, 5) is 20.8. The topological polar surface area (TPSA) is 85.7 Å². The first kappa shape index (κ1) is 24.7. The van der Waals surface area contributed by atoms with Crippen molar-refractivity contribution in [3.63, 3.8) is 0 Å². The van der Waals surface area contributed by atoms with Crippen molar-refractivity contribution < 1.29 is 14.3 Å². The highest BCUT2D eigenvalue weighted by atomic mass is 79.9. The van der Waals surface area contributed by atoms with Crippen molar-refractivity contribution in [2.75, 3.05) is 12.4 Å². The molecule has 0 radical (unpaired) electrons. The highest BCUT2D eigenvalue weighted by Gasteiger charge is 2.12. The summed E-state index contributed by atoms with van der Waals surface area (Å²) in [6.07, 6.45) is 1.56. The van der Waals surface area contributed by atoms with E-state index in [1.54, 1.807) is 6.21 Å². The van der Waals surface area contributed by atoms with Crippen LogP contribution in [0.5, 0.6) is 11.5 Å². The van der Waals surface area contributed by atoms with E-state index in [1.807, 2.05) is 69.3 Å². The van der Waals surface area contributed by atoms with Gasteiger partial charge in [0.1, 0.15) is 6.61 Å².